The Bertz CT molecular complexity index is 546. The highest BCUT2D eigenvalue weighted by Gasteiger charge is 2.38. The van der Waals surface area contributed by atoms with Gasteiger partial charge in [0.15, 0.2) is 5.97 Å². The molecule has 0 aliphatic carbocycles. The maximum absolute atomic E-state index is 12.5. The minimum atomic E-state index is -5.13. The molecule has 0 saturated carbocycles. The Kier molecular flexibility index (Phi) is 3.97. The highest BCUT2D eigenvalue weighted by molar-refractivity contribution is 6.28. The maximum Gasteiger partial charge on any atom is 0.419 e. The van der Waals surface area contributed by atoms with E-state index in [0.29, 0.717) is 0 Å². The van der Waals surface area contributed by atoms with E-state index >= 15 is 0 Å². The topological polar surface area (TPSA) is 66.4 Å². The highest BCUT2D eigenvalue weighted by atomic mass is 19.4. The molecule has 110 valence electrons. The molecule has 10 heteroatoms. The average molecular weight is 301 g/mol. The summed E-state index contributed by atoms with van der Waals surface area (Å²) in [6.07, 6.45) is -10.1. The van der Waals surface area contributed by atoms with E-state index in [2.05, 4.69) is 4.74 Å². The fourth-order valence-corrected chi connectivity index (χ4v) is 1.16. The van der Waals surface area contributed by atoms with Crippen molar-refractivity contribution in [3.63, 3.8) is 0 Å². The van der Waals surface area contributed by atoms with Crippen LogP contribution >= 0.6 is 0 Å². The molecule has 0 amide bonds. The number of hydrogen-bond donors (Lipinski definition) is 0. The van der Waals surface area contributed by atoms with Crippen molar-refractivity contribution in [1.29, 1.82) is 0 Å². The van der Waals surface area contributed by atoms with Gasteiger partial charge in [-0.3, -0.25) is 0 Å². The quantitative estimate of drug-likeness (QED) is 0.340. The highest BCUT2D eigenvalue weighted by Crippen LogP contribution is 2.40. The van der Waals surface area contributed by atoms with Gasteiger partial charge in [-0.15, -0.1) is 0 Å². The first-order chi connectivity index (χ1) is 8.93. The van der Waals surface area contributed by atoms with Crippen LogP contribution in [0.5, 0.6) is 5.75 Å². The molecule has 0 aromatic heterocycles. The molecule has 0 atom stereocenters. The van der Waals surface area contributed by atoms with Crippen LogP contribution in [0.2, 0.25) is 0 Å². The number of esters is 1. The van der Waals surface area contributed by atoms with Gasteiger partial charge < -0.3 is 14.6 Å². The fraction of sp³-hybridized carbons (Fsp3) is 0.200. The fourth-order valence-electron chi connectivity index (χ4n) is 1.16. The van der Waals surface area contributed by atoms with Crippen molar-refractivity contribution in [2.75, 3.05) is 0 Å². The second kappa shape index (κ2) is 5.02. The van der Waals surface area contributed by atoms with Gasteiger partial charge in [0.2, 0.25) is 0 Å². The third-order valence-corrected chi connectivity index (χ3v) is 1.98. The Morgan fingerprint density at radius 1 is 1.00 bits per heavy atom. The molecule has 1 aromatic rings. The lowest BCUT2D eigenvalue weighted by Gasteiger charge is -2.15. The van der Waals surface area contributed by atoms with Crippen molar-refractivity contribution < 1.29 is 45.8 Å². The van der Waals surface area contributed by atoms with E-state index in [0.717, 1.165) is 0 Å². The van der Waals surface area contributed by atoms with Crippen molar-refractivity contribution in [1.82, 2.24) is 0 Å². The zero-order valence-corrected chi connectivity index (χ0v) is 9.13. The molecule has 0 radical (unpaired) electrons. The van der Waals surface area contributed by atoms with Gasteiger partial charge in [-0.2, -0.15) is 26.3 Å². The van der Waals surface area contributed by atoms with Crippen LogP contribution in [0.1, 0.15) is 11.1 Å². The predicted octanol–water partition coefficient (Wildman–Crippen LogP) is 1.38. The van der Waals surface area contributed by atoms with E-state index in [9.17, 15) is 41.0 Å². The number of carbonyl (C=O) groups excluding carboxylic acids is 2. The summed E-state index contributed by atoms with van der Waals surface area (Å²) in [4.78, 5) is 20.7. The third kappa shape index (κ3) is 3.62. The largest absolute Gasteiger partial charge is 0.539 e. The molecule has 0 fully saturated rings. The molecular weight excluding hydrogens is 298 g/mol. The summed E-state index contributed by atoms with van der Waals surface area (Å²) in [6, 6.07) is 0.0313. The van der Waals surface area contributed by atoms with Crippen molar-refractivity contribution in [3.8, 4) is 5.75 Å². The average Bonchev–Trinajstić information content (AvgIpc) is 2.25. The Morgan fingerprint density at radius 2 is 1.55 bits per heavy atom. The number of carboxylic acid groups (broad SMARTS) is 1. The summed E-state index contributed by atoms with van der Waals surface area (Å²) < 4.78 is 78.3. The molecular formula is C10H3F6O4-. The van der Waals surface area contributed by atoms with Crippen LogP contribution in [0.15, 0.2) is 18.2 Å². The van der Waals surface area contributed by atoms with E-state index in [1.165, 1.54) is 0 Å². The lowest BCUT2D eigenvalue weighted by atomic mass is 10.1. The summed E-state index contributed by atoms with van der Waals surface area (Å²) in [5, 5.41) is 10.1. The van der Waals surface area contributed by atoms with Crippen LogP contribution in [-0.2, 0) is 21.9 Å². The molecule has 0 heterocycles. The van der Waals surface area contributed by atoms with Crippen molar-refractivity contribution in [2.24, 2.45) is 0 Å². The number of alkyl halides is 6. The minimum Gasteiger partial charge on any atom is -0.539 e. The van der Waals surface area contributed by atoms with Gasteiger partial charge >= 0.3 is 18.3 Å². The molecule has 1 aromatic carbocycles. The van der Waals surface area contributed by atoms with Gasteiger partial charge in [-0.05, 0) is 18.2 Å². The summed E-state index contributed by atoms with van der Waals surface area (Å²) in [7, 11) is 0. The molecule has 0 unspecified atom stereocenters. The monoisotopic (exact) mass is 301 g/mol. The van der Waals surface area contributed by atoms with Gasteiger partial charge in [-0.25, -0.2) is 4.79 Å². The zero-order valence-electron chi connectivity index (χ0n) is 9.13. The second-order valence-electron chi connectivity index (χ2n) is 3.38. The number of benzene rings is 1. The molecule has 4 nitrogen and oxygen atoms in total. The third-order valence-electron chi connectivity index (χ3n) is 1.98. The number of aliphatic carboxylic acids is 1. The van der Waals surface area contributed by atoms with Crippen LogP contribution in [0.4, 0.5) is 26.3 Å². The molecule has 0 saturated heterocycles. The summed E-state index contributed by atoms with van der Waals surface area (Å²) >= 11 is 0. The predicted molar refractivity (Wildman–Crippen MR) is 47.1 cm³/mol. The summed E-state index contributed by atoms with van der Waals surface area (Å²) in [5.74, 6) is -6.30. The summed E-state index contributed by atoms with van der Waals surface area (Å²) in [5.41, 5.74) is -3.26. The number of halogens is 6. The van der Waals surface area contributed by atoms with Crippen molar-refractivity contribution in [2.45, 2.75) is 12.4 Å². The van der Waals surface area contributed by atoms with Gasteiger partial charge in [-0.1, -0.05) is 0 Å². The first kappa shape index (κ1) is 15.8. The number of ether oxygens (including phenoxy) is 1. The van der Waals surface area contributed by atoms with E-state index in [-0.39, 0.29) is 18.2 Å². The normalized spacial score (nSPS) is 12.1. The standard InChI is InChI=1S/C10H4F6O4/c11-9(12,13)4-1-2-5(10(14,15)16)6(3-4)20-8(19)7(17)18/h1-3H,(H,17,18)/p-1. The Hall–Kier alpha value is -2.26. The molecule has 0 spiro atoms. The summed E-state index contributed by atoms with van der Waals surface area (Å²) in [6.45, 7) is 0. The van der Waals surface area contributed by atoms with Gasteiger partial charge in [0.05, 0.1) is 11.1 Å². The van der Waals surface area contributed by atoms with E-state index in [1.807, 2.05) is 0 Å². The van der Waals surface area contributed by atoms with E-state index in [4.69, 9.17) is 0 Å². The first-order valence-electron chi connectivity index (χ1n) is 4.64. The van der Waals surface area contributed by atoms with Crippen LogP contribution in [0, 0.1) is 0 Å². The number of carboxylic acids is 1. The minimum absolute atomic E-state index is 0.0285. The van der Waals surface area contributed by atoms with Crippen LogP contribution in [0.25, 0.3) is 0 Å². The molecule has 1 rings (SSSR count). The van der Waals surface area contributed by atoms with Gasteiger partial charge in [0.1, 0.15) is 5.75 Å². The zero-order chi connectivity index (χ0) is 15.7. The smallest absolute Gasteiger partial charge is 0.419 e. The molecule has 20 heavy (non-hydrogen) atoms. The molecule has 0 N–H and O–H groups in total. The lowest BCUT2D eigenvalue weighted by Crippen LogP contribution is -2.35. The van der Waals surface area contributed by atoms with E-state index < -0.39 is 41.2 Å². The van der Waals surface area contributed by atoms with Gasteiger partial charge in [0, 0.05) is 0 Å². The van der Waals surface area contributed by atoms with Crippen LogP contribution < -0.4 is 9.84 Å². The second-order valence-corrected chi connectivity index (χ2v) is 3.38. The van der Waals surface area contributed by atoms with Gasteiger partial charge in [0.25, 0.3) is 0 Å². The van der Waals surface area contributed by atoms with Crippen molar-refractivity contribution >= 4 is 11.9 Å². The SMILES string of the molecule is O=C([O-])C(=O)Oc1cc(C(F)(F)F)ccc1C(F)(F)F. The van der Waals surface area contributed by atoms with Crippen LogP contribution in [0.3, 0.4) is 0 Å². The first-order valence-corrected chi connectivity index (χ1v) is 4.64. The molecule has 0 aliphatic heterocycles. The molecule has 0 aliphatic rings. The number of carbonyl (C=O) groups is 2. The van der Waals surface area contributed by atoms with E-state index in [1.54, 1.807) is 0 Å². The maximum atomic E-state index is 12.5. The van der Waals surface area contributed by atoms with Crippen molar-refractivity contribution in [3.05, 3.63) is 29.3 Å². The molecule has 0 bridgehead atoms. The number of hydrogen-bond acceptors (Lipinski definition) is 4. The Balaban J connectivity index is 3.34. The number of rotatable bonds is 1. The van der Waals surface area contributed by atoms with Crippen LogP contribution in [-0.4, -0.2) is 11.9 Å². The Labute approximate surface area is 106 Å². The Morgan fingerprint density at radius 3 is 1.95 bits per heavy atom. The lowest BCUT2D eigenvalue weighted by molar-refractivity contribution is -0.302.